The molecule has 0 amide bonds. The molecule has 0 aromatic heterocycles. The summed E-state index contributed by atoms with van der Waals surface area (Å²) in [5.74, 6) is 1.80. The SMILES string of the molecule is COc1cccc(N2CCN(CCC3=NNC(C=O)N3c3ccccc3)CC2)c1. The molecule has 2 aliphatic rings. The molecule has 0 bridgehead atoms. The zero-order valence-corrected chi connectivity index (χ0v) is 16.7. The van der Waals surface area contributed by atoms with E-state index in [1.54, 1.807) is 7.11 Å². The van der Waals surface area contributed by atoms with Gasteiger partial charge in [-0.2, -0.15) is 5.10 Å². The zero-order chi connectivity index (χ0) is 20.1. The monoisotopic (exact) mass is 393 g/mol. The van der Waals surface area contributed by atoms with Crippen LogP contribution in [0.3, 0.4) is 0 Å². The molecule has 2 aromatic carbocycles. The Kier molecular flexibility index (Phi) is 5.95. The number of aldehydes is 1. The Hall–Kier alpha value is -3.06. The number of hydrazone groups is 1. The first kappa shape index (κ1) is 19.3. The maximum atomic E-state index is 11.5. The number of piperazine rings is 1. The quantitative estimate of drug-likeness (QED) is 0.728. The van der Waals surface area contributed by atoms with Gasteiger partial charge in [-0.1, -0.05) is 24.3 Å². The van der Waals surface area contributed by atoms with Gasteiger partial charge >= 0.3 is 0 Å². The molecule has 29 heavy (non-hydrogen) atoms. The highest BCUT2D eigenvalue weighted by atomic mass is 16.5. The summed E-state index contributed by atoms with van der Waals surface area (Å²) in [6, 6.07) is 18.2. The van der Waals surface area contributed by atoms with E-state index >= 15 is 0 Å². The highest BCUT2D eigenvalue weighted by Crippen LogP contribution is 2.23. The molecule has 1 unspecified atom stereocenters. The van der Waals surface area contributed by atoms with E-state index in [-0.39, 0.29) is 0 Å². The predicted octanol–water partition coefficient (Wildman–Crippen LogP) is 2.16. The number of carbonyl (C=O) groups is 1. The van der Waals surface area contributed by atoms with Crippen molar-refractivity contribution in [3.05, 3.63) is 54.6 Å². The molecule has 0 spiro atoms. The number of nitrogens with zero attached hydrogens (tertiary/aromatic N) is 4. The number of hydrogen-bond acceptors (Lipinski definition) is 7. The van der Waals surface area contributed by atoms with Crippen LogP contribution in [-0.4, -0.2) is 63.0 Å². The molecular formula is C22H27N5O2. The number of benzene rings is 2. The molecule has 152 valence electrons. The van der Waals surface area contributed by atoms with Crippen LogP contribution in [0.5, 0.6) is 5.75 Å². The van der Waals surface area contributed by atoms with Crippen LogP contribution in [0.1, 0.15) is 6.42 Å². The first-order valence-corrected chi connectivity index (χ1v) is 10.0. The fourth-order valence-corrected chi connectivity index (χ4v) is 3.87. The minimum atomic E-state index is -0.433. The van der Waals surface area contributed by atoms with Crippen molar-refractivity contribution in [2.45, 2.75) is 12.6 Å². The summed E-state index contributed by atoms with van der Waals surface area (Å²) in [6.45, 7) is 4.89. The minimum absolute atomic E-state index is 0.433. The van der Waals surface area contributed by atoms with Gasteiger partial charge in [0.15, 0.2) is 12.5 Å². The lowest BCUT2D eigenvalue weighted by Crippen LogP contribution is -2.48. The average molecular weight is 393 g/mol. The molecule has 0 saturated carbocycles. The Bertz CT molecular complexity index is 849. The number of rotatable bonds is 7. The Morgan fingerprint density at radius 3 is 2.55 bits per heavy atom. The average Bonchev–Trinajstić information content (AvgIpc) is 3.21. The maximum Gasteiger partial charge on any atom is 0.177 e. The van der Waals surface area contributed by atoms with Crippen LogP contribution >= 0.6 is 0 Å². The fraction of sp³-hybridized carbons (Fsp3) is 0.364. The number of ether oxygens (including phenoxy) is 1. The number of para-hydroxylation sites is 1. The van der Waals surface area contributed by atoms with Crippen LogP contribution < -0.4 is 20.0 Å². The van der Waals surface area contributed by atoms with Gasteiger partial charge in [0.2, 0.25) is 0 Å². The molecule has 4 rings (SSSR count). The third kappa shape index (κ3) is 4.35. The molecule has 2 aromatic rings. The van der Waals surface area contributed by atoms with Gasteiger partial charge in [-0.05, 0) is 24.3 Å². The first-order valence-electron chi connectivity index (χ1n) is 10.0. The van der Waals surface area contributed by atoms with Crippen LogP contribution in [0.15, 0.2) is 59.7 Å². The molecule has 0 radical (unpaired) electrons. The second-order valence-electron chi connectivity index (χ2n) is 7.22. The lowest BCUT2D eigenvalue weighted by atomic mass is 10.2. The summed E-state index contributed by atoms with van der Waals surface area (Å²) in [7, 11) is 1.70. The molecule has 7 heteroatoms. The van der Waals surface area contributed by atoms with Crippen molar-refractivity contribution in [2.24, 2.45) is 5.10 Å². The number of amidine groups is 1. The maximum absolute atomic E-state index is 11.5. The van der Waals surface area contributed by atoms with Crippen molar-refractivity contribution in [2.75, 3.05) is 49.6 Å². The van der Waals surface area contributed by atoms with Crippen LogP contribution in [0.25, 0.3) is 0 Å². The number of methoxy groups -OCH3 is 1. The Labute approximate surface area is 171 Å². The van der Waals surface area contributed by atoms with Crippen molar-refractivity contribution in [1.29, 1.82) is 0 Å². The second-order valence-corrected chi connectivity index (χ2v) is 7.22. The van der Waals surface area contributed by atoms with E-state index in [4.69, 9.17) is 4.74 Å². The largest absolute Gasteiger partial charge is 0.497 e. The van der Waals surface area contributed by atoms with Crippen molar-refractivity contribution >= 4 is 23.5 Å². The second kappa shape index (κ2) is 8.96. The van der Waals surface area contributed by atoms with Gasteiger partial charge in [-0.3, -0.25) is 20.0 Å². The zero-order valence-electron chi connectivity index (χ0n) is 16.7. The van der Waals surface area contributed by atoms with Crippen LogP contribution in [-0.2, 0) is 4.79 Å². The van der Waals surface area contributed by atoms with Crippen molar-refractivity contribution in [1.82, 2.24) is 10.3 Å². The standard InChI is InChI=1S/C22H27N5O2/c1-29-20-9-5-8-19(16-20)26-14-12-25(13-15-26)11-10-21-23-24-22(17-28)27(21)18-6-3-2-4-7-18/h2-9,16-17,22,24H,10-15H2,1H3. The van der Waals surface area contributed by atoms with Gasteiger partial charge in [0.05, 0.1) is 7.11 Å². The fourth-order valence-electron chi connectivity index (χ4n) is 3.87. The van der Waals surface area contributed by atoms with Crippen molar-refractivity contribution in [3.63, 3.8) is 0 Å². The summed E-state index contributed by atoms with van der Waals surface area (Å²) in [5, 5.41) is 4.42. The van der Waals surface area contributed by atoms with Crippen LogP contribution in [0, 0.1) is 0 Å². The molecule has 1 atom stereocenters. The third-order valence-electron chi connectivity index (χ3n) is 5.49. The van der Waals surface area contributed by atoms with E-state index in [1.807, 2.05) is 47.4 Å². The Balaban J connectivity index is 1.32. The lowest BCUT2D eigenvalue weighted by Gasteiger charge is -2.36. The van der Waals surface area contributed by atoms with E-state index in [1.165, 1.54) is 5.69 Å². The Morgan fingerprint density at radius 1 is 1.07 bits per heavy atom. The van der Waals surface area contributed by atoms with Crippen LogP contribution in [0.2, 0.25) is 0 Å². The van der Waals surface area contributed by atoms with Gasteiger partial charge in [-0.25, -0.2) is 0 Å². The summed E-state index contributed by atoms with van der Waals surface area (Å²) >= 11 is 0. The van der Waals surface area contributed by atoms with Crippen LogP contribution in [0.4, 0.5) is 11.4 Å². The summed E-state index contributed by atoms with van der Waals surface area (Å²) in [5.41, 5.74) is 5.13. The first-order chi connectivity index (χ1) is 14.3. The molecule has 2 aliphatic heterocycles. The minimum Gasteiger partial charge on any atom is -0.497 e. The van der Waals surface area contributed by atoms with E-state index in [2.05, 4.69) is 32.5 Å². The summed E-state index contributed by atoms with van der Waals surface area (Å²) in [6.07, 6.45) is 1.26. The molecular weight excluding hydrogens is 366 g/mol. The van der Waals surface area contributed by atoms with Gasteiger partial charge in [0.1, 0.15) is 11.6 Å². The van der Waals surface area contributed by atoms with Gasteiger partial charge in [-0.15, -0.1) is 0 Å². The highest BCUT2D eigenvalue weighted by Gasteiger charge is 2.29. The number of carbonyl (C=O) groups excluding carboxylic acids is 1. The summed E-state index contributed by atoms with van der Waals surface area (Å²) in [4.78, 5) is 18.3. The third-order valence-corrected chi connectivity index (χ3v) is 5.49. The normalized spacial score (nSPS) is 19.6. The van der Waals surface area contributed by atoms with E-state index in [9.17, 15) is 4.79 Å². The van der Waals surface area contributed by atoms with Gasteiger partial charge in [0, 0.05) is 56.6 Å². The van der Waals surface area contributed by atoms with E-state index in [0.29, 0.717) is 0 Å². The molecule has 1 N–H and O–H groups in total. The Morgan fingerprint density at radius 2 is 1.83 bits per heavy atom. The molecule has 0 aliphatic carbocycles. The molecule has 1 saturated heterocycles. The van der Waals surface area contributed by atoms with Crippen molar-refractivity contribution in [3.8, 4) is 5.75 Å². The van der Waals surface area contributed by atoms with Crippen molar-refractivity contribution < 1.29 is 9.53 Å². The number of anilines is 2. The predicted molar refractivity (Wildman–Crippen MR) is 116 cm³/mol. The van der Waals surface area contributed by atoms with Gasteiger partial charge < -0.3 is 9.64 Å². The molecule has 2 heterocycles. The van der Waals surface area contributed by atoms with Gasteiger partial charge in [0.25, 0.3) is 0 Å². The van der Waals surface area contributed by atoms with E-state index in [0.717, 1.165) is 62.7 Å². The number of hydrogen-bond donors (Lipinski definition) is 1. The highest BCUT2D eigenvalue weighted by molar-refractivity contribution is 6.02. The molecule has 1 fully saturated rings. The summed E-state index contributed by atoms with van der Waals surface area (Å²) < 4.78 is 5.34. The lowest BCUT2D eigenvalue weighted by molar-refractivity contribution is -0.109. The topological polar surface area (TPSA) is 60.4 Å². The molecule has 7 nitrogen and oxygen atoms in total. The number of nitrogens with one attached hydrogen (secondary N) is 1. The smallest absolute Gasteiger partial charge is 0.177 e. The van der Waals surface area contributed by atoms with E-state index < -0.39 is 6.17 Å².